The van der Waals surface area contributed by atoms with Crippen molar-refractivity contribution in [3.8, 4) is 0 Å². The first kappa shape index (κ1) is 22.4. The number of aromatic nitrogens is 3. The lowest BCUT2D eigenvalue weighted by Gasteiger charge is -2.20. The van der Waals surface area contributed by atoms with Gasteiger partial charge in [-0.25, -0.2) is 0 Å². The van der Waals surface area contributed by atoms with Gasteiger partial charge in [0.25, 0.3) is 0 Å². The third-order valence-electron chi connectivity index (χ3n) is 4.90. The van der Waals surface area contributed by atoms with Crippen LogP contribution in [0.5, 0.6) is 0 Å². The number of guanidine groups is 1. The van der Waals surface area contributed by atoms with Gasteiger partial charge < -0.3 is 20.1 Å². The van der Waals surface area contributed by atoms with E-state index in [1.807, 2.05) is 0 Å². The van der Waals surface area contributed by atoms with Crippen molar-refractivity contribution in [1.82, 2.24) is 25.4 Å². The van der Waals surface area contributed by atoms with Gasteiger partial charge in [0.2, 0.25) is 0 Å². The van der Waals surface area contributed by atoms with E-state index >= 15 is 0 Å². The number of aliphatic imine (C=N–C) groups is 1. The molecule has 1 fully saturated rings. The Balaban J connectivity index is 0.00000280. The minimum absolute atomic E-state index is 0. The minimum atomic E-state index is 0. The fraction of sp³-hybridized carbons (Fsp3) is 0.550. The number of rotatable bonds is 7. The van der Waals surface area contributed by atoms with E-state index in [0.29, 0.717) is 12.6 Å². The first-order valence-corrected chi connectivity index (χ1v) is 9.92. The van der Waals surface area contributed by atoms with Crippen molar-refractivity contribution in [2.24, 2.45) is 4.99 Å². The number of hydrogen-bond acceptors (Lipinski definition) is 4. The Morgan fingerprint density at radius 1 is 1.25 bits per heavy atom. The molecule has 2 aromatic rings. The summed E-state index contributed by atoms with van der Waals surface area (Å²) in [5.41, 5.74) is 2.60. The molecule has 1 aliphatic heterocycles. The number of benzene rings is 1. The molecule has 0 bridgehead atoms. The molecular weight excluding hydrogens is 465 g/mol. The second kappa shape index (κ2) is 11.2. The lowest BCUT2D eigenvalue weighted by Crippen LogP contribution is -2.44. The van der Waals surface area contributed by atoms with Gasteiger partial charge in [-0.3, -0.25) is 4.99 Å². The summed E-state index contributed by atoms with van der Waals surface area (Å²) in [5, 5.41) is 15.1. The highest BCUT2D eigenvalue weighted by Crippen LogP contribution is 2.20. The van der Waals surface area contributed by atoms with Crippen LogP contribution in [-0.2, 0) is 13.0 Å². The zero-order chi connectivity index (χ0) is 19.1. The summed E-state index contributed by atoms with van der Waals surface area (Å²) in [4.78, 5) is 7.17. The maximum absolute atomic E-state index is 4.74. The molecule has 1 unspecified atom stereocenters. The Bertz CT molecular complexity index is 741. The van der Waals surface area contributed by atoms with Gasteiger partial charge in [0.05, 0.1) is 6.54 Å². The normalized spacial score (nSPS) is 16.8. The number of nitrogens with zero attached hydrogens (tertiary/aromatic N) is 5. The molecule has 28 heavy (non-hydrogen) atoms. The van der Waals surface area contributed by atoms with Crippen LogP contribution in [-0.4, -0.2) is 52.9 Å². The average molecular weight is 497 g/mol. The zero-order valence-electron chi connectivity index (χ0n) is 17.1. The average Bonchev–Trinajstić information content (AvgIpc) is 3.32. The van der Waals surface area contributed by atoms with Crippen molar-refractivity contribution in [2.45, 2.75) is 46.2 Å². The smallest absolute Gasteiger partial charge is 0.191 e. The monoisotopic (exact) mass is 497 g/mol. The van der Waals surface area contributed by atoms with Gasteiger partial charge in [-0.2, -0.15) is 0 Å². The summed E-state index contributed by atoms with van der Waals surface area (Å²) in [5.74, 6) is 1.90. The second-order valence-corrected chi connectivity index (χ2v) is 6.97. The highest BCUT2D eigenvalue weighted by atomic mass is 127. The summed E-state index contributed by atoms with van der Waals surface area (Å²) in [6.07, 6.45) is 3.79. The Kier molecular flexibility index (Phi) is 9.01. The molecule has 0 aliphatic carbocycles. The van der Waals surface area contributed by atoms with Gasteiger partial charge in [-0.1, -0.05) is 24.6 Å². The van der Waals surface area contributed by atoms with Gasteiger partial charge in [0.1, 0.15) is 12.2 Å². The van der Waals surface area contributed by atoms with E-state index in [4.69, 9.17) is 4.99 Å². The van der Waals surface area contributed by atoms with E-state index in [1.165, 1.54) is 11.3 Å². The van der Waals surface area contributed by atoms with Gasteiger partial charge in [0, 0.05) is 44.3 Å². The third kappa shape index (κ3) is 6.08. The fourth-order valence-corrected chi connectivity index (χ4v) is 3.39. The number of halogens is 1. The lowest BCUT2D eigenvalue weighted by molar-refractivity contribution is 0.634. The van der Waals surface area contributed by atoms with E-state index in [2.05, 4.69) is 75.3 Å². The maximum Gasteiger partial charge on any atom is 0.191 e. The molecule has 1 aromatic heterocycles. The first-order valence-electron chi connectivity index (χ1n) is 9.92. The second-order valence-electron chi connectivity index (χ2n) is 6.97. The van der Waals surface area contributed by atoms with Crippen LogP contribution in [0.15, 0.2) is 35.6 Å². The molecule has 0 amide bonds. The van der Waals surface area contributed by atoms with Crippen LogP contribution in [0.1, 0.15) is 31.7 Å². The SMILES string of the molecule is CCNC(=NCCn1cnnc1CC)NC1CCN(c2ccc(C)cc2)C1.I. The molecule has 3 rings (SSSR count). The Labute approximate surface area is 185 Å². The van der Waals surface area contributed by atoms with Crippen molar-refractivity contribution < 1.29 is 0 Å². The minimum Gasteiger partial charge on any atom is -0.369 e. The topological polar surface area (TPSA) is 70.4 Å². The fourth-order valence-electron chi connectivity index (χ4n) is 3.39. The van der Waals surface area contributed by atoms with Crippen LogP contribution in [0.2, 0.25) is 0 Å². The van der Waals surface area contributed by atoms with Crippen LogP contribution >= 0.6 is 24.0 Å². The molecule has 2 heterocycles. The summed E-state index contributed by atoms with van der Waals surface area (Å²) in [6.45, 7) is 10.7. The van der Waals surface area contributed by atoms with Crippen molar-refractivity contribution >= 4 is 35.6 Å². The van der Waals surface area contributed by atoms with Crippen LogP contribution in [0.3, 0.4) is 0 Å². The third-order valence-corrected chi connectivity index (χ3v) is 4.90. The van der Waals surface area contributed by atoms with E-state index in [1.54, 1.807) is 6.33 Å². The Hall–Kier alpha value is -1.84. The summed E-state index contributed by atoms with van der Waals surface area (Å²) in [6, 6.07) is 9.18. The molecule has 154 valence electrons. The molecule has 2 N–H and O–H groups in total. The molecular formula is C20H32IN7. The predicted octanol–water partition coefficient (Wildman–Crippen LogP) is 2.60. The van der Waals surface area contributed by atoms with Gasteiger partial charge >= 0.3 is 0 Å². The number of nitrogens with one attached hydrogen (secondary N) is 2. The predicted molar refractivity (Wildman–Crippen MR) is 126 cm³/mol. The highest BCUT2D eigenvalue weighted by molar-refractivity contribution is 14.0. The number of anilines is 1. The molecule has 8 heteroatoms. The van der Waals surface area contributed by atoms with Gasteiger partial charge in [-0.15, -0.1) is 34.2 Å². The molecule has 7 nitrogen and oxygen atoms in total. The Morgan fingerprint density at radius 3 is 2.75 bits per heavy atom. The van der Waals surface area contributed by atoms with E-state index in [-0.39, 0.29) is 24.0 Å². The van der Waals surface area contributed by atoms with Crippen molar-refractivity contribution in [3.05, 3.63) is 42.0 Å². The van der Waals surface area contributed by atoms with Crippen molar-refractivity contribution in [3.63, 3.8) is 0 Å². The molecule has 1 aromatic carbocycles. The quantitative estimate of drug-likeness (QED) is 0.350. The van der Waals surface area contributed by atoms with Crippen LogP contribution in [0, 0.1) is 6.92 Å². The lowest BCUT2D eigenvalue weighted by atomic mass is 10.2. The van der Waals surface area contributed by atoms with Crippen molar-refractivity contribution in [2.75, 3.05) is 31.1 Å². The Morgan fingerprint density at radius 2 is 2.04 bits per heavy atom. The summed E-state index contributed by atoms with van der Waals surface area (Å²) < 4.78 is 2.07. The van der Waals surface area contributed by atoms with E-state index < -0.39 is 0 Å². The highest BCUT2D eigenvalue weighted by Gasteiger charge is 2.23. The molecule has 1 saturated heterocycles. The van der Waals surface area contributed by atoms with Crippen LogP contribution in [0.25, 0.3) is 0 Å². The zero-order valence-corrected chi connectivity index (χ0v) is 19.4. The van der Waals surface area contributed by atoms with Crippen molar-refractivity contribution in [1.29, 1.82) is 0 Å². The number of aryl methyl sites for hydroxylation is 2. The first-order chi connectivity index (χ1) is 13.2. The summed E-state index contributed by atoms with van der Waals surface area (Å²) >= 11 is 0. The van der Waals surface area contributed by atoms with E-state index in [0.717, 1.165) is 50.8 Å². The van der Waals surface area contributed by atoms with Gasteiger partial charge in [-0.05, 0) is 32.4 Å². The molecule has 1 aliphatic rings. The standard InChI is InChI=1S/C20H31N7.HI/c1-4-19-25-23-15-27(19)13-11-22-20(21-5-2)24-17-10-12-26(14-17)18-8-6-16(3)7-9-18;/h6-9,15,17H,4-5,10-14H2,1-3H3,(H2,21,22,24);1H. The molecule has 0 radical (unpaired) electrons. The van der Waals surface area contributed by atoms with E-state index in [9.17, 15) is 0 Å². The van der Waals surface area contributed by atoms with Crippen LogP contribution < -0.4 is 15.5 Å². The molecule has 0 saturated carbocycles. The maximum atomic E-state index is 4.74. The van der Waals surface area contributed by atoms with Gasteiger partial charge in [0.15, 0.2) is 5.96 Å². The number of hydrogen-bond donors (Lipinski definition) is 2. The largest absolute Gasteiger partial charge is 0.369 e. The summed E-state index contributed by atoms with van der Waals surface area (Å²) in [7, 11) is 0. The van der Waals surface area contributed by atoms with Crippen LogP contribution in [0.4, 0.5) is 5.69 Å². The molecule has 0 spiro atoms. The molecule has 1 atom stereocenters.